The number of carbonyl (C=O) groups is 3. The molecule has 0 bridgehead atoms. The van der Waals surface area contributed by atoms with Crippen molar-refractivity contribution in [1.29, 1.82) is 0 Å². The van der Waals surface area contributed by atoms with Gasteiger partial charge in [0, 0.05) is 0 Å². The van der Waals surface area contributed by atoms with E-state index in [9.17, 15) is 14.4 Å². The first-order chi connectivity index (χ1) is 14.9. The Kier molecular flexibility index (Phi) is 5.54. The fourth-order valence-corrected chi connectivity index (χ4v) is 4.07. The Hall–Kier alpha value is -3.55. The maximum atomic E-state index is 13.3. The molecule has 8 nitrogen and oxygen atoms in total. The van der Waals surface area contributed by atoms with Gasteiger partial charge in [-0.15, -0.1) is 0 Å². The highest BCUT2D eigenvalue weighted by Crippen LogP contribution is 2.35. The Balaban J connectivity index is 1.46. The smallest absolute Gasteiger partial charge is 0.325 e. The summed E-state index contributed by atoms with van der Waals surface area (Å²) in [7, 11) is 0. The highest BCUT2D eigenvalue weighted by molar-refractivity contribution is 6.09. The fourth-order valence-electron chi connectivity index (χ4n) is 4.07. The summed E-state index contributed by atoms with van der Waals surface area (Å²) in [5.41, 5.74) is 0.405. The molecule has 2 aliphatic heterocycles. The average molecular weight is 423 g/mol. The van der Waals surface area contributed by atoms with Gasteiger partial charge in [0.1, 0.15) is 12.1 Å². The van der Waals surface area contributed by atoms with Gasteiger partial charge in [-0.25, -0.2) is 4.79 Å². The SMILES string of the molecule is CCC[C@@]1(c2ccccc2)NC(=O)N(CC(=O)N[C@H](C)c2ccc3c(c2)OCO3)C1=O. The van der Waals surface area contributed by atoms with Gasteiger partial charge in [-0.2, -0.15) is 0 Å². The number of carbonyl (C=O) groups excluding carboxylic acids is 3. The molecule has 2 heterocycles. The van der Waals surface area contributed by atoms with Crippen LogP contribution >= 0.6 is 0 Å². The number of nitrogens with zero attached hydrogens (tertiary/aromatic N) is 1. The molecule has 0 unspecified atom stereocenters. The van der Waals surface area contributed by atoms with Gasteiger partial charge in [-0.05, 0) is 36.6 Å². The normalized spacial score (nSPS) is 20.5. The summed E-state index contributed by atoms with van der Waals surface area (Å²) in [5, 5.41) is 5.68. The molecular weight excluding hydrogens is 398 g/mol. The van der Waals surface area contributed by atoms with E-state index >= 15 is 0 Å². The molecule has 0 saturated carbocycles. The highest BCUT2D eigenvalue weighted by atomic mass is 16.7. The lowest BCUT2D eigenvalue weighted by Gasteiger charge is -2.27. The van der Waals surface area contributed by atoms with Gasteiger partial charge in [0.05, 0.1) is 6.04 Å². The van der Waals surface area contributed by atoms with Gasteiger partial charge in [-0.3, -0.25) is 14.5 Å². The van der Waals surface area contributed by atoms with Crippen LogP contribution in [0.5, 0.6) is 11.5 Å². The number of urea groups is 1. The molecule has 0 spiro atoms. The van der Waals surface area contributed by atoms with Crippen LogP contribution in [0.3, 0.4) is 0 Å². The van der Waals surface area contributed by atoms with E-state index in [1.54, 1.807) is 6.07 Å². The molecule has 0 aliphatic carbocycles. The van der Waals surface area contributed by atoms with Crippen LogP contribution < -0.4 is 20.1 Å². The minimum Gasteiger partial charge on any atom is -0.454 e. The number of benzene rings is 2. The van der Waals surface area contributed by atoms with Crippen molar-refractivity contribution in [3.05, 3.63) is 59.7 Å². The quantitative estimate of drug-likeness (QED) is 0.668. The Morgan fingerprint density at radius 1 is 1.16 bits per heavy atom. The topological polar surface area (TPSA) is 97.0 Å². The zero-order valence-electron chi connectivity index (χ0n) is 17.5. The fraction of sp³-hybridized carbons (Fsp3) is 0.348. The summed E-state index contributed by atoms with van der Waals surface area (Å²) in [6.45, 7) is 3.60. The average Bonchev–Trinajstić information content (AvgIpc) is 3.33. The van der Waals surface area contributed by atoms with Crippen LogP contribution in [0.1, 0.15) is 43.9 Å². The van der Waals surface area contributed by atoms with Gasteiger partial charge in [0.2, 0.25) is 12.7 Å². The van der Waals surface area contributed by atoms with Crippen LogP contribution in [0, 0.1) is 0 Å². The third-order valence-corrected chi connectivity index (χ3v) is 5.64. The molecule has 1 fully saturated rings. The Bertz CT molecular complexity index is 1010. The van der Waals surface area contributed by atoms with Crippen molar-refractivity contribution in [1.82, 2.24) is 15.5 Å². The summed E-state index contributed by atoms with van der Waals surface area (Å²) in [6.07, 6.45) is 1.15. The van der Waals surface area contributed by atoms with Gasteiger partial charge < -0.3 is 20.1 Å². The van der Waals surface area contributed by atoms with Crippen LogP contribution in [-0.4, -0.2) is 36.1 Å². The number of amides is 4. The Morgan fingerprint density at radius 2 is 1.90 bits per heavy atom. The van der Waals surface area contributed by atoms with Crippen molar-refractivity contribution in [2.45, 2.75) is 38.3 Å². The predicted molar refractivity (Wildman–Crippen MR) is 112 cm³/mol. The Morgan fingerprint density at radius 3 is 2.65 bits per heavy atom. The van der Waals surface area contributed by atoms with Crippen molar-refractivity contribution in [2.75, 3.05) is 13.3 Å². The summed E-state index contributed by atoms with van der Waals surface area (Å²) in [4.78, 5) is 39.6. The zero-order valence-corrected chi connectivity index (χ0v) is 17.5. The van der Waals surface area contributed by atoms with Crippen LogP contribution in [0.25, 0.3) is 0 Å². The summed E-state index contributed by atoms with van der Waals surface area (Å²) in [6, 6.07) is 13.7. The molecule has 0 radical (unpaired) electrons. The molecule has 4 amide bonds. The number of fused-ring (bicyclic) bond motifs is 1. The number of nitrogens with one attached hydrogen (secondary N) is 2. The van der Waals surface area contributed by atoms with Gasteiger partial charge in [0.25, 0.3) is 5.91 Å². The van der Waals surface area contributed by atoms with E-state index in [1.807, 2.05) is 56.3 Å². The minimum atomic E-state index is -1.14. The number of rotatable bonds is 7. The second kappa shape index (κ2) is 8.29. The molecule has 2 atom stereocenters. The van der Waals surface area contributed by atoms with Gasteiger partial charge >= 0.3 is 6.03 Å². The molecular formula is C23H25N3O5. The maximum Gasteiger partial charge on any atom is 0.325 e. The second-order valence-corrected chi connectivity index (χ2v) is 7.74. The van der Waals surface area contributed by atoms with Crippen LogP contribution in [0.15, 0.2) is 48.5 Å². The number of hydrogen-bond acceptors (Lipinski definition) is 5. The van der Waals surface area contributed by atoms with Crippen molar-refractivity contribution < 1.29 is 23.9 Å². The monoisotopic (exact) mass is 423 g/mol. The van der Waals surface area contributed by atoms with Crippen LogP contribution in [0.4, 0.5) is 4.79 Å². The van der Waals surface area contributed by atoms with Crippen molar-refractivity contribution >= 4 is 17.8 Å². The van der Waals surface area contributed by atoms with E-state index in [1.165, 1.54) is 0 Å². The second-order valence-electron chi connectivity index (χ2n) is 7.74. The van der Waals surface area contributed by atoms with Crippen molar-refractivity contribution in [3.8, 4) is 11.5 Å². The lowest BCUT2D eigenvalue weighted by Crippen LogP contribution is -2.45. The molecule has 1 saturated heterocycles. The maximum absolute atomic E-state index is 13.3. The molecule has 8 heteroatoms. The largest absolute Gasteiger partial charge is 0.454 e. The summed E-state index contributed by atoms with van der Waals surface area (Å²) >= 11 is 0. The van der Waals surface area contributed by atoms with Crippen LogP contribution in [0.2, 0.25) is 0 Å². The van der Waals surface area contributed by atoms with E-state index < -0.39 is 23.4 Å². The minimum absolute atomic E-state index is 0.173. The molecule has 0 aromatic heterocycles. The first-order valence-corrected chi connectivity index (χ1v) is 10.3. The Labute approximate surface area is 180 Å². The summed E-state index contributed by atoms with van der Waals surface area (Å²) in [5.74, 6) is 0.458. The van der Waals surface area contributed by atoms with E-state index in [0.717, 1.165) is 10.5 Å². The summed E-state index contributed by atoms with van der Waals surface area (Å²) < 4.78 is 10.7. The first-order valence-electron chi connectivity index (χ1n) is 10.3. The molecule has 31 heavy (non-hydrogen) atoms. The molecule has 2 aromatic carbocycles. The van der Waals surface area contributed by atoms with Gasteiger partial charge in [-0.1, -0.05) is 49.7 Å². The first kappa shape index (κ1) is 20.7. The van der Waals surface area contributed by atoms with E-state index in [-0.39, 0.29) is 19.4 Å². The standard InChI is InChI=1S/C23H25N3O5/c1-3-11-23(17-7-5-4-6-8-17)21(28)26(22(29)25-23)13-20(27)24-15(2)16-9-10-18-19(12-16)31-14-30-18/h4-10,12,15H,3,11,13-14H2,1-2H3,(H,24,27)(H,25,29)/t15-,23+/m1/s1. The van der Waals surface area contributed by atoms with E-state index in [4.69, 9.17) is 9.47 Å². The molecule has 2 aromatic rings. The zero-order chi connectivity index (χ0) is 22.0. The lowest BCUT2D eigenvalue weighted by atomic mass is 9.85. The lowest BCUT2D eigenvalue weighted by molar-refractivity contribution is -0.135. The van der Waals surface area contributed by atoms with Crippen LogP contribution in [-0.2, 0) is 15.1 Å². The third-order valence-electron chi connectivity index (χ3n) is 5.64. The van der Waals surface area contributed by atoms with E-state index in [2.05, 4.69) is 10.6 Å². The number of ether oxygens (including phenoxy) is 2. The number of imide groups is 1. The number of hydrogen-bond donors (Lipinski definition) is 2. The third kappa shape index (κ3) is 3.81. The predicted octanol–water partition coefficient (Wildman–Crippen LogP) is 2.84. The molecule has 2 N–H and O–H groups in total. The van der Waals surface area contributed by atoms with E-state index in [0.29, 0.717) is 29.9 Å². The van der Waals surface area contributed by atoms with Gasteiger partial charge in [0.15, 0.2) is 11.5 Å². The molecule has 4 rings (SSSR count). The van der Waals surface area contributed by atoms with Crippen molar-refractivity contribution in [3.63, 3.8) is 0 Å². The van der Waals surface area contributed by atoms with Crippen molar-refractivity contribution in [2.24, 2.45) is 0 Å². The molecule has 2 aliphatic rings. The highest BCUT2D eigenvalue weighted by Gasteiger charge is 2.52. The molecule has 162 valence electrons.